The highest BCUT2D eigenvalue weighted by Crippen LogP contribution is 2.20. The predicted octanol–water partition coefficient (Wildman–Crippen LogP) is 3.09. The highest BCUT2D eigenvalue weighted by Gasteiger charge is 2.11. The van der Waals surface area contributed by atoms with Gasteiger partial charge in [0.2, 0.25) is 0 Å². The molecule has 0 radical (unpaired) electrons. The molecule has 1 N–H and O–H groups in total. The van der Waals surface area contributed by atoms with Gasteiger partial charge in [-0.2, -0.15) is 5.26 Å². The summed E-state index contributed by atoms with van der Waals surface area (Å²) in [4.78, 5) is 4.06. The Labute approximate surface area is 96.5 Å². The van der Waals surface area contributed by atoms with Crippen molar-refractivity contribution in [1.29, 1.82) is 5.26 Å². The Morgan fingerprint density at radius 1 is 1.19 bits per heavy atom. The zero-order valence-corrected chi connectivity index (χ0v) is 9.45. The summed E-state index contributed by atoms with van der Waals surface area (Å²) < 4.78 is 0. The molecule has 0 atom stereocenters. The van der Waals surface area contributed by atoms with E-state index in [1.165, 1.54) is 38.5 Å². The Kier molecular flexibility index (Phi) is 3.76. The third-order valence-electron chi connectivity index (χ3n) is 3.10. The van der Waals surface area contributed by atoms with Gasteiger partial charge in [0.05, 0.1) is 11.9 Å². The summed E-state index contributed by atoms with van der Waals surface area (Å²) in [6.45, 7) is 0. The lowest BCUT2D eigenvalue weighted by Crippen LogP contribution is -2.18. The molecule has 1 aromatic heterocycles. The van der Waals surface area contributed by atoms with Crippen molar-refractivity contribution in [3.63, 3.8) is 0 Å². The molecule has 3 nitrogen and oxygen atoms in total. The molecular formula is C13H17N3. The lowest BCUT2D eigenvalue weighted by atomic mass is 10.1. The number of aromatic nitrogens is 1. The molecule has 16 heavy (non-hydrogen) atoms. The van der Waals surface area contributed by atoms with Crippen LogP contribution in [0.4, 0.5) is 5.69 Å². The maximum Gasteiger partial charge on any atom is 0.140 e. The number of anilines is 1. The van der Waals surface area contributed by atoms with Crippen molar-refractivity contribution in [2.24, 2.45) is 0 Å². The number of nitriles is 1. The van der Waals surface area contributed by atoms with Crippen molar-refractivity contribution in [2.75, 3.05) is 5.32 Å². The van der Waals surface area contributed by atoms with Gasteiger partial charge < -0.3 is 5.32 Å². The second-order valence-corrected chi connectivity index (χ2v) is 4.38. The quantitative estimate of drug-likeness (QED) is 0.771. The van der Waals surface area contributed by atoms with E-state index in [9.17, 15) is 0 Å². The van der Waals surface area contributed by atoms with Crippen molar-refractivity contribution < 1.29 is 0 Å². The minimum atomic E-state index is 0.478. The molecule has 1 aliphatic rings. The first-order chi connectivity index (χ1) is 7.88. The molecule has 0 saturated heterocycles. The van der Waals surface area contributed by atoms with Gasteiger partial charge in [-0.1, -0.05) is 25.7 Å². The Balaban J connectivity index is 1.94. The monoisotopic (exact) mass is 215 g/mol. The van der Waals surface area contributed by atoms with Crippen LogP contribution in [0.2, 0.25) is 0 Å². The van der Waals surface area contributed by atoms with E-state index in [4.69, 9.17) is 5.26 Å². The predicted molar refractivity (Wildman–Crippen MR) is 64.1 cm³/mol. The molecular weight excluding hydrogens is 198 g/mol. The average Bonchev–Trinajstić information content (AvgIpc) is 2.59. The van der Waals surface area contributed by atoms with Gasteiger partial charge >= 0.3 is 0 Å². The number of hydrogen-bond donors (Lipinski definition) is 1. The molecule has 0 amide bonds. The van der Waals surface area contributed by atoms with Crippen LogP contribution < -0.4 is 5.32 Å². The van der Waals surface area contributed by atoms with Crippen LogP contribution in [0.3, 0.4) is 0 Å². The van der Waals surface area contributed by atoms with E-state index in [0.29, 0.717) is 11.7 Å². The fourth-order valence-electron chi connectivity index (χ4n) is 2.20. The van der Waals surface area contributed by atoms with Crippen LogP contribution in [-0.4, -0.2) is 11.0 Å². The fourth-order valence-corrected chi connectivity index (χ4v) is 2.20. The molecule has 1 saturated carbocycles. The van der Waals surface area contributed by atoms with Crippen LogP contribution in [-0.2, 0) is 0 Å². The Bertz CT molecular complexity index is 356. The molecule has 0 spiro atoms. The van der Waals surface area contributed by atoms with Gasteiger partial charge in [0.15, 0.2) is 0 Å². The number of rotatable bonds is 2. The van der Waals surface area contributed by atoms with Crippen LogP contribution in [0, 0.1) is 11.3 Å². The van der Waals surface area contributed by atoms with Crippen LogP contribution in [0.15, 0.2) is 18.3 Å². The molecule has 0 unspecified atom stereocenters. The summed E-state index contributed by atoms with van der Waals surface area (Å²) in [6.07, 6.45) is 9.62. The zero-order valence-electron chi connectivity index (χ0n) is 9.45. The molecule has 2 rings (SSSR count). The Morgan fingerprint density at radius 2 is 1.94 bits per heavy atom. The van der Waals surface area contributed by atoms with Crippen LogP contribution >= 0.6 is 0 Å². The number of nitrogens with one attached hydrogen (secondary N) is 1. The van der Waals surface area contributed by atoms with Gasteiger partial charge in [0, 0.05) is 6.04 Å². The first-order valence-electron chi connectivity index (χ1n) is 6.01. The fraction of sp³-hybridized carbons (Fsp3) is 0.538. The summed E-state index contributed by atoms with van der Waals surface area (Å²) in [6, 6.07) is 6.31. The van der Waals surface area contributed by atoms with E-state index in [1.807, 2.05) is 12.1 Å². The van der Waals surface area contributed by atoms with Gasteiger partial charge in [-0.15, -0.1) is 0 Å². The molecule has 0 aliphatic heterocycles. The van der Waals surface area contributed by atoms with Crippen molar-refractivity contribution in [1.82, 2.24) is 4.98 Å². The van der Waals surface area contributed by atoms with E-state index >= 15 is 0 Å². The number of nitrogens with zero attached hydrogens (tertiary/aromatic N) is 2. The molecule has 1 aromatic rings. The lowest BCUT2D eigenvalue weighted by Gasteiger charge is -2.17. The molecule has 1 aliphatic carbocycles. The summed E-state index contributed by atoms with van der Waals surface area (Å²) >= 11 is 0. The zero-order chi connectivity index (χ0) is 11.2. The third kappa shape index (κ3) is 2.96. The van der Waals surface area contributed by atoms with E-state index in [-0.39, 0.29) is 0 Å². The van der Waals surface area contributed by atoms with E-state index in [2.05, 4.69) is 10.3 Å². The van der Waals surface area contributed by atoms with Crippen LogP contribution in [0.5, 0.6) is 0 Å². The first kappa shape index (κ1) is 10.9. The molecule has 0 aromatic carbocycles. The summed E-state index contributed by atoms with van der Waals surface area (Å²) in [5, 5.41) is 12.2. The third-order valence-corrected chi connectivity index (χ3v) is 3.10. The van der Waals surface area contributed by atoms with Crippen LogP contribution in [0.25, 0.3) is 0 Å². The second-order valence-electron chi connectivity index (χ2n) is 4.38. The maximum atomic E-state index is 8.65. The van der Waals surface area contributed by atoms with Gasteiger partial charge in [-0.05, 0) is 25.0 Å². The molecule has 0 bridgehead atoms. The summed E-state index contributed by atoms with van der Waals surface area (Å²) in [7, 11) is 0. The van der Waals surface area contributed by atoms with Gasteiger partial charge in [-0.25, -0.2) is 4.98 Å². The molecule has 3 heteroatoms. The Morgan fingerprint density at radius 3 is 2.50 bits per heavy atom. The van der Waals surface area contributed by atoms with Crippen molar-refractivity contribution in [3.05, 3.63) is 24.0 Å². The van der Waals surface area contributed by atoms with Gasteiger partial charge in [0.1, 0.15) is 11.8 Å². The summed E-state index contributed by atoms with van der Waals surface area (Å²) in [5.41, 5.74) is 1.51. The van der Waals surface area contributed by atoms with Gasteiger partial charge in [0.25, 0.3) is 0 Å². The Hall–Kier alpha value is -1.56. The normalized spacial score (nSPS) is 17.4. The summed E-state index contributed by atoms with van der Waals surface area (Å²) in [5.74, 6) is 0. The minimum Gasteiger partial charge on any atom is -0.381 e. The SMILES string of the molecule is N#Cc1ccc(NC2CCCCCC2)cn1. The number of pyridine rings is 1. The standard InChI is InChI=1S/C13H17N3/c14-9-12-7-8-13(10-15-12)16-11-5-3-1-2-4-6-11/h7-8,10-11,16H,1-6H2. The highest BCUT2D eigenvalue weighted by atomic mass is 14.9. The van der Waals surface area contributed by atoms with Crippen molar-refractivity contribution >= 4 is 5.69 Å². The van der Waals surface area contributed by atoms with Crippen molar-refractivity contribution in [3.8, 4) is 6.07 Å². The lowest BCUT2D eigenvalue weighted by molar-refractivity contribution is 0.620. The van der Waals surface area contributed by atoms with E-state index in [1.54, 1.807) is 12.3 Å². The first-order valence-corrected chi connectivity index (χ1v) is 6.01. The average molecular weight is 215 g/mol. The van der Waals surface area contributed by atoms with Crippen molar-refractivity contribution in [2.45, 2.75) is 44.6 Å². The minimum absolute atomic E-state index is 0.478. The van der Waals surface area contributed by atoms with E-state index < -0.39 is 0 Å². The molecule has 1 heterocycles. The van der Waals surface area contributed by atoms with Gasteiger partial charge in [-0.3, -0.25) is 0 Å². The topological polar surface area (TPSA) is 48.7 Å². The second kappa shape index (κ2) is 5.50. The maximum absolute atomic E-state index is 8.65. The van der Waals surface area contributed by atoms with E-state index in [0.717, 1.165) is 5.69 Å². The molecule has 84 valence electrons. The molecule has 1 fully saturated rings. The smallest absolute Gasteiger partial charge is 0.140 e. The highest BCUT2D eigenvalue weighted by molar-refractivity contribution is 5.43. The van der Waals surface area contributed by atoms with Crippen LogP contribution in [0.1, 0.15) is 44.2 Å². The largest absolute Gasteiger partial charge is 0.381 e. The number of hydrogen-bond acceptors (Lipinski definition) is 3.